The Bertz CT molecular complexity index is 506. The molecule has 2 nitrogen and oxygen atoms in total. The van der Waals surface area contributed by atoms with Crippen LogP contribution in [0.2, 0.25) is 0 Å². The van der Waals surface area contributed by atoms with Crippen molar-refractivity contribution in [2.24, 2.45) is 34.0 Å². The van der Waals surface area contributed by atoms with Gasteiger partial charge in [0.05, 0.1) is 5.41 Å². The Balaban J connectivity index is 1.62. The quantitative estimate of drug-likeness (QED) is 0.771. The second kappa shape index (κ2) is 3.34. The molecule has 108 valence electrons. The number of allylic oxidation sites excluding steroid dienone is 2. The van der Waals surface area contributed by atoms with Crippen molar-refractivity contribution in [1.82, 2.24) is 0 Å². The van der Waals surface area contributed by atoms with E-state index in [1.165, 1.54) is 38.5 Å². The monoisotopic (exact) mass is 272 g/mol. The van der Waals surface area contributed by atoms with E-state index in [2.05, 4.69) is 12.2 Å². The first-order chi connectivity index (χ1) is 9.55. The zero-order chi connectivity index (χ0) is 13.6. The van der Waals surface area contributed by atoms with Gasteiger partial charge < -0.3 is 5.11 Å². The van der Waals surface area contributed by atoms with Crippen LogP contribution in [-0.4, -0.2) is 11.1 Å². The predicted octanol–water partition coefficient (Wildman–Crippen LogP) is 4.01. The fraction of sp³-hybridized carbons (Fsp3) is 0.833. The summed E-state index contributed by atoms with van der Waals surface area (Å²) in [7, 11) is 0. The Morgan fingerprint density at radius 2 is 1.85 bits per heavy atom. The van der Waals surface area contributed by atoms with E-state index < -0.39 is 5.97 Å². The summed E-state index contributed by atoms with van der Waals surface area (Å²) in [5, 5.41) is 9.89. The van der Waals surface area contributed by atoms with Crippen LogP contribution in [0.3, 0.4) is 0 Å². The van der Waals surface area contributed by atoms with Crippen LogP contribution >= 0.6 is 0 Å². The molecule has 0 aromatic carbocycles. The maximum atomic E-state index is 12.0. The third-order valence-electron chi connectivity index (χ3n) is 7.85. The Labute approximate surface area is 120 Å². The summed E-state index contributed by atoms with van der Waals surface area (Å²) in [5.41, 5.74) is 0.376. The molecule has 0 saturated heterocycles. The molecule has 2 heteroatoms. The van der Waals surface area contributed by atoms with Crippen LogP contribution in [0.25, 0.3) is 0 Å². The summed E-state index contributed by atoms with van der Waals surface area (Å²) in [6.45, 7) is 0. The highest BCUT2D eigenvalue weighted by Gasteiger charge is 2.67. The first-order valence-corrected chi connectivity index (χ1v) is 8.48. The number of aliphatic carboxylic acids is 1. The molecule has 6 rings (SSSR count). The van der Waals surface area contributed by atoms with Crippen molar-refractivity contribution in [3.63, 3.8) is 0 Å². The molecule has 0 aromatic heterocycles. The molecule has 4 unspecified atom stereocenters. The summed E-state index contributed by atoms with van der Waals surface area (Å²) < 4.78 is 0. The van der Waals surface area contributed by atoms with Gasteiger partial charge in [-0.05, 0) is 86.4 Å². The fourth-order valence-electron chi connectivity index (χ4n) is 7.50. The van der Waals surface area contributed by atoms with E-state index in [0.717, 1.165) is 25.2 Å². The number of hydrogen-bond donors (Lipinski definition) is 1. The van der Waals surface area contributed by atoms with Gasteiger partial charge in [0.1, 0.15) is 0 Å². The summed E-state index contributed by atoms with van der Waals surface area (Å²) >= 11 is 0. The van der Waals surface area contributed by atoms with Gasteiger partial charge in [0.2, 0.25) is 0 Å². The van der Waals surface area contributed by atoms with Gasteiger partial charge in [-0.15, -0.1) is 0 Å². The second-order valence-corrected chi connectivity index (χ2v) is 8.84. The van der Waals surface area contributed by atoms with Crippen molar-refractivity contribution in [1.29, 1.82) is 0 Å². The Morgan fingerprint density at radius 3 is 2.35 bits per heavy atom. The normalized spacial score (nSPS) is 58.5. The minimum atomic E-state index is -0.483. The van der Waals surface area contributed by atoms with Crippen molar-refractivity contribution < 1.29 is 9.90 Å². The average Bonchev–Trinajstić information content (AvgIpc) is 2.99. The molecule has 4 atom stereocenters. The van der Waals surface area contributed by atoms with Crippen molar-refractivity contribution in [2.45, 2.75) is 57.8 Å². The van der Waals surface area contributed by atoms with Crippen LogP contribution in [0.5, 0.6) is 0 Å². The van der Waals surface area contributed by atoms with E-state index in [1.807, 2.05) is 0 Å². The minimum absolute atomic E-state index is 0.344. The van der Waals surface area contributed by atoms with Gasteiger partial charge in [0.15, 0.2) is 0 Å². The highest BCUT2D eigenvalue weighted by atomic mass is 16.4. The first-order valence-electron chi connectivity index (χ1n) is 8.48. The van der Waals surface area contributed by atoms with Crippen LogP contribution in [0, 0.1) is 34.0 Å². The van der Waals surface area contributed by atoms with E-state index in [9.17, 15) is 9.90 Å². The van der Waals surface area contributed by atoms with E-state index in [-0.39, 0.29) is 5.41 Å². The third kappa shape index (κ3) is 1.21. The molecule has 5 saturated carbocycles. The predicted molar refractivity (Wildman–Crippen MR) is 76.1 cm³/mol. The summed E-state index contributed by atoms with van der Waals surface area (Å²) in [5.74, 6) is 1.73. The molecule has 20 heavy (non-hydrogen) atoms. The highest BCUT2D eigenvalue weighted by molar-refractivity contribution is 5.75. The van der Waals surface area contributed by atoms with E-state index in [0.29, 0.717) is 22.7 Å². The number of carboxylic acids is 1. The van der Waals surface area contributed by atoms with Crippen molar-refractivity contribution in [3.05, 3.63) is 12.2 Å². The van der Waals surface area contributed by atoms with Gasteiger partial charge in [-0.2, -0.15) is 0 Å². The lowest BCUT2D eigenvalue weighted by molar-refractivity contribution is -0.188. The minimum Gasteiger partial charge on any atom is -0.481 e. The van der Waals surface area contributed by atoms with E-state index >= 15 is 0 Å². The molecule has 0 amide bonds. The molecule has 5 fully saturated rings. The van der Waals surface area contributed by atoms with Gasteiger partial charge in [-0.25, -0.2) is 0 Å². The molecule has 1 N–H and O–H groups in total. The summed E-state index contributed by atoms with van der Waals surface area (Å²) in [6, 6.07) is 0. The van der Waals surface area contributed by atoms with Gasteiger partial charge in [0, 0.05) is 0 Å². The van der Waals surface area contributed by atoms with E-state index in [1.54, 1.807) is 0 Å². The molecule has 0 radical (unpaired) electrons. The zero-order valence-electron chi connectivity index (χ0n) is 12.1. The number of carbonyl (C=O) groups is 1. The summed E-state index contributed by atoms with van der Waals surface area (Å²) in [4.78, 5) is 12.0. The van der Waals surface area contributed by atoms with Crippen LogP contribution in [0.1, 0.15) is 57.8 Å². The SMILES string of the molecule is O=C(O)C12CC3CC(C1)CC(C14C=CC(CC1)C4)(C3)C2. The summed E-state index contributed by atoms with van der Waals surface area (Å²) in [6.07, 6.45) is 15.9. The molecular weight excluding hydrogens is 248 g/mol. The Kier molecular flexibility index (Phi) is 1.97. The molecule has 6 aliphatic carbocycles. The number of rotatable bonds is 2. The lowest BCUT2D eigenvalue weighted by Crippen LogP contribution is -2.59. The van der Waals surface area contributed by atoms with E-state index in [4.69, 9.17) is 0 Å². The molecule has 6 aliphatic rings. The van der Waals surface area contributed by atoms with Crippen molar-refractivity contribution in [2.75, 3.05) is 0 Å². The topological polar surface area (TPSA) is 37.3 Å². The largest absolute Gasteiger partial charge is 0.481 e. The fourth-order valence-corrected chi connectivity index (χ4v) is 7.50. The van der Waals surface area contributed by atoms with Gasteiger partial charge in [-0.1, -0.05) is 12.2 Å². The molecule has 0 aromatic rings. The Hall–Kier alpha value is -0.790. The van der Waals surface area contributed by atoms with Crippen LogP contribution in [-0.2, 0) is 4.79 Å². The third-order valence-corrected chi connectivity index (χ3v) is 7.85. The number of carboxylic acid groups (broad SMARTS) is 1. The number of hydrogen-bond acceptors (Lipinski definition) is 1. The highest BCUT2D eigenvalue weighted by Crippen LogP contribution is 2.74. The number of fused-ring (bicyclic) bond motifs is 2. The maximum Gasteiger partial charge on any atom is 0.309 e. The molecule has 0 heterocycles. The standard InChI is InChI=1S/C18H24O2/c19-15(20)16-6-13-5-14(7-16)10-18(9-13,11-16)17-3-1-12(8-17)2-4-17/h1,3,12-14H,2,4-11H2,(H,19,20). The van der Waals surface area contributed by atoms with Crippen LogP contribution in [0.4, 0.5) is 0 Å². The lowest BCUT2D eigenvalue weighted by atomic mass is 9.38. The second-order valence-electron chi connectivity index (χ2n) is 8.84. The zero-order valence-corrected chi connectivity index (χ0v) is 12.1. The van der Waals surface area contributed by atoms with Crippen molar-refractivity contribution in [3.8, 4) is 0 Å². The van der Waals surface area contributed by atoms with Crippen molar-refractivity contribution >= 4 is 5.97 Å². The van der Waals surface area contributed by atoms with Gasteiger partial charge in [0.25, 0.3) is 0 Å². The molecule has 0 spiro atoms. The van der Waals surface area contributed by atoms with Gasteiger partial charge in [-0.3, -0.25) is 4.79 Å². The lowest BCUT2D eigenvalue weighted by Gasteiger charge is -2.65. The van der Waals surface area contributed by atoms with Crippen LogP contribution < -0.4 is 0 Å². The molecule has 6 bridgehead atoms. The molecule has 0 aliphatic heterocycles. The maximum absolute atomic E-state index is 12.0. The first kappa shape index (κ1) is 11.8. The molecular formula is C18H24O2. The average molecular weight is 272 g/mol. The van der Waals surface area contributed by atoms with Crippen LogP contribution in [0.15, 0.2) is 12.2 Å². The smallest absolute Gasteiger partial charge is 0.309 e. The Morgan fingerprint density at radius 1 is 1.10 bits per heavy atom. The van der Waals surface area contributed by atoms with Gasteiger partial charge >= 0.3 is 5.97 Å².